The van der Waals surface area contributed by atoms with E-state index in [9.17, 15) is 9.18 Å². The van der Waals surface area contributed by atoms with E-state index in [1.54, 1.807) is 18.5 Å². The maximum Gasteiger partial charge on any atom is 0.328 e. The minimum absolute atomic E-state index is 0.0697. The third kappa shape index (κ3) is 5.16. The zero-order valence-electron chi connectivity index (χ0n) is 16.8. The van der Waals surface area contributed by atoms with Crippen LogP contribution in [-0.2, 0) is 16.1 Å². The first kappa shape index (κ1) is 20.7. The van der Waals surface area contributed by atoms with E-state index in [1.807, 2.05) is 22.9 Å². The number of hydrogen-bond donors (Lipinski definition) is 1. The van der Waals surface area contributed by atoms with E-state index in [0.717, 1.165) is 43.3 Å². The van der Waals surface area contributed by atoms with Crippen molar-refractivity contribution in [2.45, 2.75) is 32.1 Å². The van der Waals surface area contributed by atoms with Gasteiger partial charge in [-0.1, -0.05) is 12.1 Å². The minimum atomic E-state index is -1.13. The zero-order valence-corrected chi connectivity index (χ0v) is 16.8. The average Bonchev–Trinajstić information content (AvgIpc) is 3.28. The van der Waals surface area contributed by atoms with Gasteiger partial charge in [0.1, 0.15) is 18.2 Å². The molecule has 0 bridgehead atoms. The normalized spacial score (nSPS) is 16.5. The lowest BCUT2D eigenvalue weighted by Crippen LogP contribution is -2.20. The van der Waals surface area contributed by atoms with Crippen LogP contribution in [0, 0.1) is 5.82 Å². The largest absolute Gasteiger partial charge is 0.487 e. The van der Waals surface area contributed by atoms with E-state index in [1.165, 1.54) is 18.2 Å². The van der Waals surface area contributed by atoms with Gasteiger partial charge in [0.05, 0.1) is 17.6 Å². The summed E-state index contributed by atoms with van der Waals surface area (Å²) in [6, 6.07) is 10.1. The summed E-state index contributed by atoms with van der Waals surface area (Å²) in [4.78, 5) is 15.0. The molecule has 0 spiro atoms. The van der Waals surface area contributed by atoms with E-state index in [4.69, 9.17) is 14.6 Å². The van der Waals surface area contributed by atoms with E-state index in [-0.39, 0.29) is 18.4 Å². The molecule has 0 aliphatic carbocycles. The molecule has 31 heavy (non-hydrogen) atoms. The summed E-state index contributed by atoms with van der Waals surface area (Å²) in [6.45, 7) is 0.899. The maximum atomic E-state index is 14.1. The summed E-state index contributed by atoms with van der Waals surface area (Å²) in [5, 5.41) is 13.0. The summed E-state index contributed by atoms with van der Waals surface area (Å²) in [7, 11) is 0. The number of carbonyl (C=O) groups is 1. The molecule has 0 radical (unpaired) electrons. The molecule has 1 aliphatic rings. The van der Waals surface area contributed by atoms with Gasteiger partial charge >= 0.3 is 5.97 Å². The number of carboxylic acids is 1. The van der Waals surface area contributed by atoms with Crippen molar-refractivity contribution in [3.8, 4) is 17.1 Å². The second kappa shape index (κ2) is 9.53. The summed E-state index contributed by atoms with van der Waals surface area (Å²) < 4.78 is 27.5. The molecule has 4 rings (SSSR count). The summed E-state index contributed by atoms with van der Waals surface area (Å²) in [5.74, 6) is -1.08. The Morgan fingerprint density at radius 1 is 1.29 bits per heavy atom. The maximum absolute atomic E-state index is 14.1. The minimum Gasteiger partial charge on any atom is -0.487 e. The number of aromatic nitrogens is 3. The highest BCUT2D eigenvalue weighted by molar-refractivity contribution is 5.85. The molecule has 1 saturated heterocycles. The molecular formula is C23H22FN3O4. The molecule has 1 N–H and O–H groups in total. The van der Waals surface area contributed by atoms with Crippen molar-refractivity contribution < 1.29 is 23.8 Å². The van der Waals surface area contributed by atoms with Crippen molar-refractivity contribution in [2.75, 3.05) is 6.61 Å². The molecule has 7 nitrogen and oxygen atoms in total. The third-order valence-electron chi connectivity index (χ3n) is 4.97. The average molecular weight is 423 g/mol. The summed E-state index contributed by atoms with van der Waals surface area (Å²) >= 11 is 0. The lowest BCUT2D eigenvalue weighted by molar-refractivity contribution is -0.131. The molecule has 0 amide bonds. The van der Waals surface area contributed by atoms with E-state index >= 15 is 0 Å². The Hall–Kier alpha value is -3.52. The molecular weight excluding hydrogens is 401 g/mol. The van der Waals surface area contributed by atoms with Crippen molar-refractivity contribution in [2.24, 2.45) is 0 Å². The van der Waals surface area contributed by atoms with Gasteiger partial charge in [0, 0.05) is 24.4 Å². The van der Waals surface area contributed by atoms with Crippen molar-refractivity contribution in [1.29, 1.82) is 0 Å². The number of rotatable bonds is 7. The molecule has 1 atom stereocenters. The van der Waals surface area contributed by atoms with E-state index < -0.39 is 11.8 Å². The molecule has 8 heteroatoms. The number of carboxylic acid groups (broad SMARTS) is 1. The molecule has 2 aromatic heterocycles. The van der Waals surface area contributed by atoms with Crippen molar-refractivity contribution in [3.63, 3.8) is 0 Å². The van der Waals surface area contributed by atoms with Crippen LogP contribution in [0.4, 0.5) is 4.39 Å². The molecule has 1 aromatic carbocycles. The van der Waals surface area contributed by atoms with Crippen LogP contribution in [0.25, 0.3) is 17.5 Å². The van der Waals surface area contributed by atoms with Gasteiger partial charge in [-0.15, -0.1) is 0 Å². The van der Waals surface area contributed by atoms with E-state index in [0.29, 0.717) is 11.3 Å². The zero-order chi connectivity index (χ0) is 21.6. The van der Waals surface area contributed by atoms with Crippen LogP contribution >= 0.6 is 0 Å². The monoisotopic (exact) mass is 423 g/mol. The number of benzene rings is 1. The molecule has 3 aromatic rings. The molecule has 0 saturated carbocycles. The summed E-state index contributed by atoms with van der Waals surface area (Å²) in [5.41, 5.74) is 2.47. The Morgan fingerprint density at radius 3 is 2.90 bits per heavy atom. The number of pyridine rings is 1. The highest BCUT2D eigenvalue weighted by Crippen LogP contribution is 2.28. The van der Waals surface area contributed by atoms with Crippen LogP contribution < -0.4 is 4.74 Å². The Morgan fingerprint density at radius 2 is 2.19 bits per heavy atom. The van der Waals surface area contributed by atoms with E-state index in [2.05, 4.69) is 10.1 Å². The first-order valence-electron chi connectivity index (χ1n) is 10.0. The Kier molecular flexibility index (Phi) is 6.37. The number of aliphatic carboxylic acids is 1. The Balaban J connectivity index is 1.40. The molecule has 3 heterocycles. The smallest absolute Gasteiger partial charge is 0.328 e. The molecule has 1 aliphatic heterocycles. The second-order valence-corrected chi connectivity index (χ2v) is 7.18. The van der Waals surface area contributed by atoms with Gasteiger partial charge < -0.3 is 14.6 Å². The number of halogens is 1. The number of hydrogen-bond acceptors (Lipinski definition) is 5. The first-order valence-corrected chi connectivity index (χ1v) is 10.0. The quantitative estimate of drug-likeness (QED) is 0.565. The van der Waals surface area contributed by atoms with Crippen LogP contribution in [0.2, 0.25) is 0 Å². The van der Waals surface area contributed by atoms with Crippen molar-refractivity contribution in [3.05, 3.63) is 71.8 Å². The van der Waals surface area contributed by atoms with Crippen molar-refractivity contribution >= 4 is 12.0 Å². The molecule has 160 valence electrons. The van der Waals surface area contributed by atoms with Gasteiger partial charge in [-0.05, 0) is 55.2 Å². The first-order chi connectivity index (χ1) is 15.1. The lowest BCUT2D eigenvalue weighted by Gasteiger charge is -2.24. The van der Waals surface area contributed by atoms with Gasteiger partial charge in [-0.3, -0.25) is 4.98 Å². The lowest BCUT2D eigenvalue weighted by atomic mass is 10.1. The van der Waals surface area contributed by atoms with Crippen LogP contribution in [0.3, 0.4) is 0 Å². The fourth-order valence-corrected chi connectivity index (χ4v) is 3.40. The van der Waals surface area contributed by atoms with Gasteiger partial charge in [-0.2, -0.15) is 5.10 Å². The Labute approximate surface area is 178 Å². The van der Waals surface area contributed by atoms with Crippen molar-refractivity contribution in [1.82, 2.24) is 14.8 Å². The summed E-state index contributed by atoms with van der Waals surface area (Å²) in [6.07, 6.45) is 8.52. The highest BCUT2D eigenvalue weighted by Gasteiger charge is 2.20. The van der Waals surface area contributed by atoms with Crippen LogP contribution in [-0.4, -0.2) is 32.4 Å². The second-order valence-electron chi connectivity index (χ2n) is 7.18. The number of ether oxygens (including phenoxy) is 2. The third-order valence-corrected chi connectivity index (χ3v) is 4.97. The van der Waals surface area contributed by atoms with Crippen LogP contribution in [0.5, 0.6) is 5.75 Å². The van der Waals surface area contributed by atoms with Gasteiger partial charge in [0.15, 0.2) is 6.23 Å². The SMILES string of the molecule is O=C(O)/C=C/c1ccc(COc2ccc(-c3ccnn3C3CCCCO3)nc2)cc1F. The topological polar surface area (TPSA) is 86.5 Å². The Bertz CT molecular complexity index is 1070. The standard InChI is InChI=1S/C23H22FN3O4/c24-19-13-16(4-5-17(19)6-9-23(28)29)15-31-18-7-8-20(25-14-18)21-10-11-26-27(21)22-3-1-2-12-30-22/h4-11,13-14,22H,1-3,12,15H2,(H,28,29)/b9-6+. The molecule has 1 unspecified atom stereocenters. The van der Waals surface area contributed by atoms with Gasteiger partial charge in [-0.25, -0.2) is 13.9 Å². The van der Waals surface area contributed by atoms with Crippen LogP contribution in [0.1, 0.15) is 36.6 Å². The molecule has 1 fully saturated rings. The van der Waals surface area contributed by atoms with Gasteiger partial charge in [0.2, 0.25) is 0 Å². The fraction of sp³-hybridized carbons (Fsp3) is 0.261. The fourth-order valence-electron chi connectivity index (χ4n) is 3.40. The predicted molar refractivity (Wildman–Crippen MR) is 112 cm³/mol. The van der Waals surface area contributed by atoms with Crippen LogP contribution in [0.15, 0.2) is 54.9 Å². The predicted octanol–water partition coefficient (Wildman–Crippen LogP) is 4.46. The highest BCUT2D eigenvalue weighted by atomic mass is 19.1. The number of nitrogens with zero attached hydrogens (tertiary/aromatic N) is 3. The van der Waals surface area contributed by atoms with Gasteiger partial charge in [0.25, 0.3) is 0 Å².